The molecule has 3 aromatic carbocycles. The van der Waals surface area contributed by atoms with Gasteiger partial charge in [0.05, 0.1) is 0 Å². The van der Waals surface area contributed by atoms with E-state index in [2.05, 4.69) is 55.5 Å². The Bertz CT molecular complexity index is 768. The van der Waals surface area contributed by atoms with Crippen LogP contribution in [0.15, 0.2) is 72.8 Å². The molecule has 0 unspecified atom stereocenters. The van der Waals surface area contributed by atoms with Crippen molar-refractivity contribution >= 4 is 0 Å². The van der Waals surface area contributed by atoms with E-state index in [1.807, 2.05) is 12.1 Å². The minimum absolute atomic E-state index is 0.335. The molecular formula is C24H26O. The minimum atomic E-state index is 0.335. The Morgan fingerprint density at radius 1 is 0.560 bits per heavy atom. The molecule has 3 rings (SSSR count). The number of aromatic hydroxyl groups is 1. The van der Waals surface area contributed by atoms with Crippen molar-refractivity contribution in [1.29, 1.82) is 0 Å². The maximum Gasteiger partial charge on any atom is 0.115 e. The molecule has 0 saturated carbocycles. The molecule has 25 heavy (non-hydrogen) atoms. The fourth-order valence-electron chi connectivity index (χ4n) is 3.18. The molecule has 0 aliphatic carbocycles. The van der Waals surface area contributed by atoms with Crippen molar-refractivity contribution in [3.05, 3.63) is 89.5 Å². The van der Waals surface area contributed by atoms with Crippen molar-refractivity contribution in [2.75, 3.05) is 0 Å². The first-order valence-corrected chi connectivity index (χ1v) is 9.21. The molecule has 0 amide bonds. The van der Waals surface area contributed by atoms with Crippen LogP contribution in [0.4, 0.5) is 0 Å². The average molecular weight is 330 g/mol. The van der Waals surface area contributed by atoms with E-state index in [0.29, 0.717) is 5.75 Å². The largest absolute Gasteiger partial charge is 0.508 e. The normalized spacial score (nSPS) is 10.8. The lowest BCUT2D eigenvalue weighted by molar-refractivity contribution is 0.475. The quantitative estimate of drug-likeness (QED) is 0.548. The van der Waals surface area contributed by atoms with E-state index in [9.17, 15) is 5.11 Å². The van der Waals surface area contributed by atoms with Gasteiger partial charge in [0.15, 0.2) is 0 Å². The van der Waals surface area contributed by atoms with E-state index in [4.69, 9.17) is 0 Å². The molecule has 0 spiro atoms. The van der Waals surface area contributed by atoms with Gasteiger partial charge >= 0.3 is 0 Å². The van der Waals surface area contributed by atoms with Crippen molar-refractivity contribution < 1.29 is 5.11 Å². The summed E-state index contributed by atoms with van der Waals surface area (Å²) in [6, 6.07) is 25.4. The van der Waals surface area contributed by atoms with Gasteiger partial charge in [-0.2, -0.15) is 0 Å². The molecule has 0 atom stereocenters. The van der Waals surface area contributed by atoms with Crippen LogP contribution < -0.4 is 0 Å². The maximum absolute atomic E-state index is 9.32. The third kappa shape index (κ3) is 4.96. The van der Waals surface area contributed by atoms with Crippen molar-refractivity contribution in [2.45, 2.75) is 39.0 Å². The molecule has 0 aliphatic heterocycles. The van der Waals surface area contributed by atoms with Crippen LogP contribution in [-0.2, 0) is 19.3 Å². The average Bonchev–Trinajstić information content (AvgIpc) is 2.65. The van der Waals surface area contributed by atoms with Gasteiger partial charge in [-0.15, -0.1) is 0 Å². The molecule has 0 heterocycles. The summed E-state index contributed by atoms with van der Waals surface area (Å²) in [6.07, 6.45) is 5.59. The van der Waals surface area contributed by atoms with E-state index < -0.39 is 0 Å². The fraction of sp³-hybridized carbons (Fsp3) is 0.250. The van der Waals surface area contributed by atoms with Crippen LogP contribution in [0.5, 0.6) is 5.75 Å². The predicted octanol–water partition coefficient (Wildman–Crippen LogP) is 6.19. The first kappa shape index (κ1) is 17.3. The molecule has 1 heteroatoms. The van der Waals surface area contributed by atoms with Gasteiger partial charge in [-0.3, -0.25) is 0 Å². The van der Waals surface area contributed by atoms with Crippen molar-refractivity contribution in [1.82, 2.24) is 0 Å². The van der Waals surface area contributed by atoms with Gasteiger partial charge in [0, 0.05) is 0 Å². The Morgan fingerprint density at radius 2 is 0.960 bits per heavy atom. The topological polar surface area (TPSA) is 20.2 Å². The van der Waals surface area contributed by atoms with Gasteiger partial charge in [0.1, 0.15) is 5.75 Å². The van der Waals surface area contributed by atoms with Gasteiger partial charge in [-0.1, -0.05) is 74.0 Å². The Kier molecular flexibility index (Phi) is 5.90. The lowest BCUT2D eigenvalue weighted by Crippen LogP contribution is -1.90. The summed E-state index contributed by atoms with van der Waals surface area (Å²) in [7, 11) is 0. The number of benzene rings is 3. The third-order valence-corrected chi connectivity index (χ3v) is 4.65. The SMILES string of the molecule is CCCc1ccc(-c2ccc(CCCc3ccc(O)cc3)cc2)cc1. The maximum atomic E-state index is 9.32. The van der Waals surface area contributed by atoms with Crippen LogP contribution in [0.2, 0.25) is 0 Å². The van der Waals surface area contributed by atoms with Gasteiger partial charge < -0.3 is 5.11 Å². The van der Waals surface area contributed by atoms with Crippen LogP contribution in [0.25, 0.3) is 11.1 Å². The zero-order valence-electron chi connectivity index (χ0n) is 14.9. The molecule has 0 saturated heterocycles. The predicted molar refractivity (Wildman–Crippen MR) is 106 cm³/mol. The molecule has 128 valence electrons. The van der Waals surface area contributed by atoms with Crippen LogP contribution in [0.3, 0.4) is 0 Å². The summed E-state index contributed by atoms with van der Waals surface area (Å²) in [5, 5.41) is 9.32. The monoisotopic (exact) mass is 330 g/mol. The molecule has 1 nitrogen and oxygen atoms in total. The minimum Gasteiger partial charge on any atom is -0.508 e. The Balaban J connectivity index is 1.55. The van der Waals surface area contributed by atoms with Gasteiger partial charge in [-0.05, 0) is 65.6 Å². The van der Waals surface area contributed by atoms with Gasteiger partial charge in [0.25, 0.3) is 0 Å². The highest BCUT2D eigenvalue weighted by molar-refractivity contribution is 5.64. The van der Waals surface area contributed by atoms with E-state index in [0.717, 1.165) is 25.7 Å². The highest BCUT2D eigenvalue weighted by atomic mass is 16.3. The molecule has 0 aromatic heterocycles. The number of hydrogen-bond donors (Lipinski definition) is 1. The van der Waals surface area contributed by atoms with Crippen LogP contribution >= 0.6 is 0 Å². The zero-order chi connectivity index (χ0) is 17.5. The lowest BCUT2D eigenvalue weighted by Gasteiger charge is -2.06. The molecule has 0 radical (unpaired) electrons. The van der Waals surface area contributed by atoms with Gasteiger partial charge in [-0.25, -0.2) is 0 Å². The van der Waals surface area contributed by atoms with E-state index >= 15 is 0 Å². The summed E-state index contributed by atoms with van der Waals surface area (Å²) in [5.41, 5.74) is 6.64. The smallest absolute Gasteiger partial charge is 0.115 e. The fourth-order valence-corrected chi connectivity index (χ4v) is 3.18. The molecule has 0 bridgehead atoms. The molecule has 0 fully saturated rings. The Labute approximate surface area is 151 Å². The van der Waals surface area contributed by atoms with Crippen molar-refractivity contribution in [3.63, 3.8) is 0 Å². The number of hydrogen-bond acceptors (Lipinski definition) is 1. The number of phenolic OH excluding ortho intramolecular Hbond substituents is 1. The first-order valence-electron chi connectivity index (χ1n) is 9.21. The standard InChI is InChI=1S/C24H26O/c1-2-4-19-7-13-22(14-8-19)23-15-9-20(10-16-23)5-3-6-21-11-17-24(25)18-12-21/h7-18,25H,2-6H2,1H3. The summed E-state index contributed by atoms with van der Waals surface area (Å²) >= 11 is 0. The summed E-state index contributed by atoms with van der Waals surface area (Å²) in [6.45, 7) is 2.22. The zero-order valence-corrected chi connectivity index (χ0v) is 14.9. The van der Waals surface area contributed by atoms with Crippen molar-refractivity contribution in [2.24, 2.45) is 0 Å². The Hall–Kier alpha value is -2.54. The van der Waals surface area contributed by atoms with Crippen molar-refractivity contribution in [3.8, 4) is 16.9 Å². The third-order valence-electron chi connectivity index (χ3n) is 4.65. The summed E-state index contributed by atoms with van der Waals surface area (Å²) < 4.78 is 0. The first-order chi connectivity index (χ1) is 12.2. The number of phenols is 1. The second kappa shape index (κ2) is 8.53. The second-order valence-electron chi connectivity index (χ2n) is 6.66. The van der Waals surface area contributed by atoms with Crippen LogP contribution in [-0.4, -0.2) is 5.11 Å². The molecule has 3 aromatic rings. The Morgan fingerprint density at radius 3 is 1.40 bits per heavy atom. The van der Waals surface area contributed by atoms with Crippen LogP contribution in [0, 0.1) is 0 Å². The summed E-state index contributed by atoms with van der Waals surface area (Å²) in [5.74, 6) is 0.335. The molecule has 1 N–H and O–H groups in total. The van der Waals surface area contributed by atoms with Crippen LogP contribution in [0.1, 0.15) is 36.5 Å². The molecular weight excluding hydrogens is 304 g/mol. The van der Waals surface area contributed by atoms with E-state index in [1.54, 1.807) is 12.1 Å². The summed E-state index contributed by atoms with van der Waals surface area (Å²) in [4.78, 5) is 0. The van der Waals surface area contributed by atoms with E-state index in [-0.39, 0.29) is 0 Å². The number of rotatable bonds is 7. The highest BCUT2D eigenvalue weighted by Crippen LogP contribution is 2.21. The van der Waals surface area contributed by atoms with Gasteiger partial charge in [0.2, 0.25) is 0 Å². The van der Waals surface area contributed by atoms with E-state index in [1.165, 1.54) is 34.2 Å². The lowest BCUT2D eigenvalue weighted by atomic mass is 9.99. The second-order valence-corrected chi connectivity index (χ2v) is 6.66. The number of aryl methyl sites for hydroxylation is 3. The molecule has 0 aliphatic rings. The highest BCUT2D eigenvalue weighted by Gasteiger charge is 2.00.